The zero-order valence-corrected chi connectivity index (χ0v) is 14.3. The van der Waals surface area contributed by atoms with Crippen molar-refractivity contribution in [1.82, 2.24) is 9.62 Å². The van der Waals surface area contributed by atoms with Gasteiger partial charge in [0.1, 0.15) is 12.4 Å². The van der Waals surface area contributed by atoms with Gasteiger partial charge < -0.3 is 10.1 Å². The Balaban J connectivity index is 2.09. The monoisotopic (exact) mass is 369 g/mol. The summed E-state index contributed by atoms with van der Waals surface area (Å²) in [6.07, 6.45) is 0.992. The fraction of sp³-hybridized carbons (Fsp3) is 0.267. The predicted molar refractivity (Wildman–Crippen MR) is 87.1 cm³/mol. The zero-order chi connectivity index (χ0) is 18.6. The lowest BCUT2D eigenvalue weighted by Gasteiger charge is -2.22. The van der Waals surface area contributed by atoms with Crippen LogP contribution in [0.25, 0.3) is 0 Å². The van der Waals surface area contributed by atoms with Gasteiger partial charge in [-0.1, -0.05) is 18.2 Å². The van der Waals surface area contributed by atoms with Crippen LogP contribution in [0.3, 0.4) is 0 Å². The van der Waals surface area contributed by atoms with Crippen molar-refractivity contribution in [3.05, 3.63) is 47.4 Å². The van der Waals surface area contributed by atoms with Crippen LogP contribution in [0.4, 0.5) is 4.39 Å². The van der Waals surface area contributed by atoms with E-state index in [-0.39, 0.29) is 23.4 Å². The minimum absolute atomic E-state index is 0.0325. The van der Waals surface area contributed by atoms with Gasteiger partial charge in [-0.15, -0.1) is 4.40 Å². The van der Waals surface area contributed by atoms with E-state index in [1.807, 2.05) is 0 Å². The molecule has 0 unspecified atom stereocenters. The molecule has 1 heterocycles. The molecule has 1 aromatic carbocycles. The Kier molecular flexibility index (Phi) is 5.52. The largest absolute Gasteiger partial charge is 0.465 e. The fourth-order valence-corrected chi connectivity index (χ4v) is 3.12. The maximum Gasteiger partial charge on any atom is 0.344 e. The van der Waals surface area contributed by atoms with Crippen LogP contribution in [0.1, 0.15) is 12.5 Å². The molecule has 1 amide bonds. The van der Waals surface area contributed by atoms with Crippen LogP contribution in [0.15, 0.2) is 40.4 Å². The molecule has 25 heavy (non-hydrogen) atoms. The first-order valence-electron chi connectivity index (χ1n) is 7.13. The van der Waals surface area contributed by atoms with E-state index in [9.17, 15) is 22.4 Å². The molecular weight excluding hydrogens is 353 g/mol. The van der Waals surface area contributed by atoms with Crippen LogP contribution in [0.5, 0.6) is 0 Å². The number of nitrogens with one attached hydrogen (secondary N) is 1. The molecule has 1 N–H and O–H groups in total. The molecule has 0 fully saturated rings. The summed E-state index contributed by atoms with van der Waals surface area (Å²) in [4.78, 5) is 23.6. The van der Waals surface area contributed by atoms with E-state index in [0.717, 1.165) is 13.3 Å². The third kappa shape index (κ3) is 4.41. The van der Waals surface area contributed by atoms with Crippen molar-refractivity contribution in [2.45, 2.75) is 13.5 Å². The van der Waals surface area contributed by atoms with E-state index in [1.54, 1.807) is 6.07 Å². The number of carbonyl (C=O) groups is 2. The zero-order valence-electron chi connectivity index (χ0n) is 13.5. The van der Waals surface area contributed by atoms with E-state index in [2.05, 4.69) is 14.5 Å². The Morgan fingerprint density at radius 1 is 1.32 bits per heavy atom. The summed E-state index contributed by atoms with van der Waals surface area (Å²) in [6.45, 7) is 0.638. The number of nitrogens with zero attached hydrogens (tertiary/aromatic N) is 2. The van der Waals surface area contributed by atoms with Crippen LogP contribution in [0, 0.1) is 5.82 Å². The molecule has 10 heteroatoms. The number of carbonyl (C=O) groups excluding carboxylic acids is 2. The number of ether oxygens (including phenoxy) is 1. The lowest BCUT2D eigenvalue weighted by molar-refractivity contribution is -0.135. The number of hydrogen-bond acceptors (Lipinski definition) is 5. The summed E-state index contributed by atoms with van der Waals surface area (Å²) in [6, 6.07) is 5.87. The minimum Gasteiger partial charge on any atom is -0.465 e. The molecule has 1 aromatic rings. The van der Waals surface area contributed by atoms with Crippen LogP contribution in [-0.2, 0) is 31.1 Å². The van der Waals surface area contributed by atoms with Gasteiger partial charge in [0.25, 0.3) is 0 Å². The van der Waals surface area contributed by atoms with Gasteiger partial charge in [0.05, 0.1) is 18.4 Å². The highest BCUT2D eigenvalue weighted by Crippen LogP contribution is 2.17. The quantitative estimate of drug-likeness (QED) is 0.762. The van der Waals surface area contributed by atoms with Crippen molar-refractivity contribution in [3.8, 4) is 0 Å². The average molecular weight is 369 g/mol. The molecule has 1 aliphatic rings. The Labute approximate surface area is 144 Å². The third-order valence-corrected chi connectivity index (χ3v) is 4.68. The van der Waals surface area contributed by atoms with Gasteiger partial charge in [-0.25, -0.2) is 13.5 Å². The first-order chi connectivity index (χ1) is 11.7. The first-order valence-corrected chi connectivity index (χ1v) is 8.53. The number of benzene rings is 1. The van der Waals surface area contributed by atoms with Crippen LogP contribution < -0.4 is 5.32 Å². The molecular formula is C15H16FN3O5S. The van der Waals surface area contributed by atoms with Crippen molar-refractivity contribution in [2.24, 2.45) is 4.40 Å². The van der Waals surface area contributed by atoms with Crippen molar-refractivity contribution >= 4 is 27.8 Å². The van der Waals surface area contributed by atoms with E-state index in [4.69, 9.17) is 0 Å². The van der Waals surface area contributed by atoms with Gasteiger partial charge in [0.15, 0.2) is 0 Å². The van der Waals surface area contributed by atoms with E-state index in [1.165, 1.54) is 25.1 Å². The number of methoxy groups -OCH3 is 1. The summed E-state index contributed by atoms with van der Waals surface area (Å²) in [5, 5.41) is 2.42. The second-order valence-corrected chi connectivity index (χ2v) is 6.65. The highest BCUT2D eigenvalue weighted by molar-refractivity contribution is 7.88. The Morgan fingerprint density at radius 3 is 2.64 bits per heavy atom. The van der Waals surface area contributed by atoms with Gasteiger partial charge >= 0.3 is 16.2 Å². The third-order valence-electron chi connectivity index (χ3n) is 3.35. The van der Waals surface area contributed by atoms with Gasteiger partial charge in [-0.2, -0.15) is 8.42 Å². The summed E-state index contributed by atoms with van der Waals surface area (Å²) in [5.74, 6) is -1.93. The minimum atomic E-state index is -4.13. The van der Waals surface area contributed by atoms with Crippen LogP contribution in [0.2, 0.25) is 0 Å². The van der Waals surface area contributed by atoms with Crippen molar-refractivity contribution < 1.29 is 27.1 Å². The number of amides is 1. The molecule has 0 bridgehead atoms. The predicted octanol–water partition coefficient (Wildman–Crippen LogP) is 0.520. The normalized spacial score (nSPS) is 15.9. The summed E-state index contributed by atoms with van der Waals surface area (Å²) < 4.78 is 46.1. The summed E-state index contributed by atoms with van der Waals surface area (Å²) in [5.41, 5.74) is 0.158. The Hall–Kier alpha value is -2.75. The molecule has 0 atom stereocenters. The van der Waals surface area contributed by atoms with Gasteiger partial charge in [-0.05, 0) is 13.0 Å². The molecule has 0 spiro atoms. The molecule has 134 valence electrons. The average Bonchev–Trinajstić information content (AvgIpc) is 2.55. The van der Waals surface area contributed by atoms with Crippen molar-refractivity contribution in [1.29, 1.82) is 0 Å². The first kappa shape index (κ1) is 18.6. The molecule has 0 aromatic heterocycles. The highest BCUT2D eigenvalue weighted by atomic mass is 32.2. The van der Waals surface area contributed by atoms with Crippen molar-refractivity contribution in [2.75, 3.05) is 13.7 Å². The van der Waals surface area contributed by atoms with Crippen LogP contribution in [-0.4, -0.2) is 44.0 Å². The topological polar surface area (TPSA) is 105 Å². The highest BCUT2D eigenvalue weighted by Gasteiger charge is 2.29. The van der Waals surface area contributed by atoms with E-state index < -0.39 is 34.4 Å². The number of rotatable bonds is 5. The molecule has 0 saturated carbocycles. The van der Waals surface area contributed by atoms with Gasteiger partial charge in [0, 0.05) is 18.3 Å². The molecule has 0 aliphatic carbocycles. The second-order valence-electron chi connectivity index (χ2n) is 5.10. The van der Waals surface area contributed by atoms with Gasteiger partial charge in [-0.3, -0.25) is 4.79 Å². The maximum absolute atomic E-state index is 13.5. The SMILES string of the molecule is COC(=O)C1=CN(CC(=O)NCc2ccccc2F)S(=O)(=O)N=C1C. The maximum atomic E-state index is 13.5. The lowest BCUT2D eigenvalue weighted by atomic mass is 10.2. The number of hydrogen-bond donors (Lipinski definition) is 1. The lowest BCUT2D eigenvalue weighted by Crippen LogP contribution is -2.39. The van der Waals surface area contributed by atoms with E-state index >= 15 is 0 Å². The summed E-state index contributed by atoms with van der Waals surface area (Å²) >= 11 is 0. The molecule has 8 nitrogen and oxygen atoms in total. The number of halogens is 1. The molecule has 2 rings (SSSR count). The molecule has 0 saturated heterocycles. The standard InChI is InChI=1S/C15H16FN3O5S/c1-10-12(15(21)24-2)8-19(25(22,23)18-10)9-14(20)17-7-11-5-3-4-6-13(11)16/h3-6,8H,7,9H2,1-2H3,(H,17,20). The number of esters is 1. The molecule has 1 aliphatic heterocycles. The van der Waals surface area contributed by atoms with Crippen LogP contribution >= 0.6 is 0 Å². The second kappa shape index (κ2) is 7.43. The fourth-order valence-electron chi connectivity index (χ4n) is 2.05. The smallest absolute Gasteiger partial charge is 0.344 e. The Morgan fingerprint density at radius 2 is 2.00 bits per heavy atom. The molecule has 0 radical (unpaired) electrons. The van der Waals surface area contributed by atoms with Gasteiger partial charge in [0.2, 0.25) is 5.91 Å². The van der Waals surface area contributed by atoms with Crippen molar-refractivity contribution in [3.63, 3.8) is 0 Å². The Bertz CT molecular complexity index is 864. The summed E-state index contributed by atoms with van der Waals surface area (Å²) in [7, 11) is -2.99. The van der Waals surface area contributed by atoms with E-state index in [0.29, 0.717) is 4.31 Å².